The van der Waals surface area contributed by atoms with Gasteiger partial charge in [0.05, 0.1) is 30.8 Å². The predicted octanol–water partition coefficient (Wildman–Crippen LogP) is 5.69. The second kappa shape index (κ2) is 23.8. The molecule has 13 nitrogen and oxygen atoms in total. The van der Waals surface area contributed by atoms with Crippen LogP contribution in [-0.4, -0.2) is 122 Å². The van der Waals surface area contributed by atoms with E-state index in [2.05, 4.69) is 0 Å². The molecule has 1 saturated carbocycles. The van der Waals surface area contributed by atoms with Gasteiger partial charge in [-0.05, 0) is 107 Å². The number of fused-ring (bicyclic) bond motifs is 3. The fourth-order valence-corrected chi connectivity index (χ4v) is 9.75. The van der Waals surface area contributed by atoms with Gasteiger partial charge in [0.1, 0.15) is 30.1 Å². The summed E-state index contributed by atoms with van der Waals surface area (Å²) in [5, 5.41) is 54.6. The molecular weight excluding hydrogens is 795 g/mol. The molecule has 62 heavy (non-hydrogen) atoms. The molecular formula is C49H77NO12. The third-order valence-electron chi connectivity index (χ3n) is 14.0. The van der Waals surface area contributed by atoms with E-state index < -0.39 is 71.8 Å². The normalized spacial score (nSPS) is 41.8. The second-order valence-electron chi connectivity index (χ2n) is 19.3. The molecule has 0 aromatic carbocycles. The summed E-state index contributed by atoms with van der Waals surface area (Å²) in [6.07, 6.45) is 10.0. The van der Waals surface area contributed by atoms with Crippen LogP contribution in [0, 0.1) is 35.5 Å². The van der Waals surface area contributed by atoms with Crippen LogP contribution in [0.1, 0.15) is 132 Å². The van der Waals surface area contributed by atoms with Gasteiger partial charge in [-0.1, -0.05) is 71.1 Å². The van der Waals surface area contributed by atoms with E-state index >= 15 is 0 Å². The van der Waals surface area contributed by atoms with Crippen LogP contribution in [0.5, 0.6) is 0 Å². The molecule has 0 spiro atoms. The summed E-state index contributed by atoms with van der Waals surface area (Å²) in [5.74, 6) is -5.62. The number of Topliss-reactive ketones (excluding diaryl/α,β-unsaturated/α-hetero) is 2. The standard InChI is InChI=1S/C49H77NO12/c1-29-14-10-9-11-15-30(2)42(60-8)26-37-19-17-35(7)49(59,62-37)28-44(54)50-21-13-12-16-38(50)48(58)61-43(32(4)24-36-18-20-39(51)41(53)25-36)27-40(52)31(3)23-34(6)46(56)47(57)45(55)33(5)22-29/h9-11,14-15,23,29,31-33,35-39,41-43,46-47,51,53,56-57,59H,12-13,16-22,24-28H2,1-8H3/b11-9+,14-10+,30-15+,34-23+/t29-,31-,32-,33-,35-,36-,37+,38+,39+,41+,42+,43+,46-,47+,49+/m1/s1. The molecule has 4 rings (SSSR count). The molecule has 1 aliphatic carbocycles. The molecule has 350 valence electrons. The Morgan fingerprint density at radius 1 is 0.855 bits per heavy atom. The second-order valence-corrected chi connectivity index (χ2v) is 19.3. The van der Waals surface area contributed by atoms with Gasteiger partial charge >= 0.3 is 5.97 Å². The van der Waals surface area contributed by atoms with Crippen LogP contribution >= 0.6 is 0 Å². The minimum atomic E-state index is -1.76. The summed E-state index contributed by atoms with van der Waals surface area (Å²) in [6, 6.07) is -0.935. The molecule has 1 amide bonds. The maximum absolute atomic E-state index is 14.3. The van der Waals surface area contributed by atoms with E-state index in [0.717, 1.165) is 5.57 Å². The maximum atomic E-state index is 14.3. The fraction of sp³-hybridized carbons (Fsp3) is 0.755. The number of piperidine rings is 1. The van der Waals surface area contributed by atoms with E-state index in [1.165, 1.54) is 11.0 Å². The topological polar surface area (TPSA) is 200 Å². The van der Waals surface area contributed by atoms with Crippen molar-refractivity contribution < 1.29 is 58.9 Å². The number of methoxy groups -OCH3 is 1. The lowest BCUT2D eigenvalue weighted by molar-refractivity contribution is -0.284. The van der Waals surface area contributed by atoms with Crippen molar-refractivity contribution in [1.82, 2.24) is 4.90 Å². The number of aliphatic hydroxyl groups is 5. The molecule has 0 aromatic heterocycles. The lowest BCUT2D eigenvalue weighted by Crippen LogP contribution is -2.55. The van der Waals surface area contributed by atoms with Gasteiger partial charge in [-0.2, -0.15) is 0 Å². The third kappa shape index (κ3) is 14.2. The van der Waals surface area contributed by atoms with Crippen molar-refractivity contribution in [2.75, 3.05) is 13.7 Å². The summed E-state index contributed by atoms with van der Waals surface area (Å²) >= 11 is 0. The van der Waals surface area contributed by atoms with Crippen LogP contribution in [0.2, 0.25) is 0 Å². The number of cyclic esters (lactones) is 1. The van der Waals surface area contributed by atoms with Gasteiger partial charge in [0.15, 0.2) is 11.6 Å². The first-order valence-corrected chi connectivity index (χ1v) is 23.2. The van der Waals surface area contributed by atoms with Crippen LogP contribution in [0.25, 0.3) is 0 Å². The number of amides is 1. The summed E-state index contributed by atoms with van der Waals surface area (Å²) in [6.45, 7) is 12.9. The number of nitrogens with zero attached hydrogens (tertiary/aromatic N) is 1. The zero-order valence-corrected chi connectivity index (χ0v) is 38.5. The largest absolute Gasteiger partial charge is 0.460 e. The van der Waals surface area contributed by atoms with E-state index in [0.29, 0.717) is 77.2 Å². The lowest BCUT2D eigenvalue weighted by Gasteiger charge is -2.44. The van der Waals surface area contributed by atoms with E-state index in [-0.39, 0.29) is 60.1 Å². The Morgan fingerprint density at radius 2 is 1.58 bits per heavy atom. The van der Waals surface area contributed by atoms with Crippen molar-refractivity contribution >= 4 is 23.4 Å². The van der Waals surface area contributed by atoms with Crippen LogP contribution < -0.4 is 0 Å². The molecule has 2 saturated heterocycles. The molecule has 4 aliphatic rings. The highest BCUT2D eigenvalue weighted by Crippen LogP contribution is 2.38. The number of carbonyl (C=O) groups excluding carboxylic acids is 4. The SMILES string of the molecule is CO[C@H]1C[C@@H]2CC[C@@H](C)[C@](O)(CC(=O)N3CCCC[C@H]3C(=O)O[C@H]([C@H](C)C[C@H]3CC[C@H](O)[C@@H](O)C3)CC(=O)[C@H](C)/C=C(\C)[C@@H](O)[C@@H](O)C(=O)[C@H](C)C[C@H](C)/C=C/C=C/C=C/1C)O2. The van der Waals surface area contributed by atoms with Crippen molar-refractivity contribution in [3.63, 3.8) is 0 Å². The minimum absolute atomic E-state index is 0.0125. The molecule has 2 bridgehead atoms. The Hall–Kier alpha value is -3.04. The van der Waals surface area contributed by atoms with E-state index in [1.807, 2.05) is 58.1 Å². The average molecular weight is 872 g/mol. The van der Waals surface area contributed by atoms with Gasteiger partial charge in [-0.3, -0.25) is 14.4 Å². The highest BCUT2D eigenvalue weighted by Gasteiger charge is 2.46. The summed E-state index contributed by atoms with van der Waals surface area (Å²) < 4.78 is 18.5. The maximum Gasteiger partial charge on any atom is 0.329 e. The fourth-order valence-electron chi connectivity index (χ4n) is 9.75. The first-order valence-electron chi connectivity index (χ1n) is 23.2. The zero-order chi connectivity index (χ0) is 45.9. The highest BCUT2D eigenvalue weighted by molar-refractivity contribution is 5.87. The van der Waals surface area contributed by atoms with Crippen LogP contribution in [0.3, 0.4) is 0 Å². The zero-order valence-electron chi connectivity index (χ0n) is 38.5. The van der Waals surface area contributed by atoms with E-state index in [9.17, 15) is 44.7 Å². The molecule has 0 unspecified atom stereocenters. The van der Waals surface area contributed by atoms with Gasteiger partial charge in [-0.25, -0.2) is 4.79 Å². The first-order chi connectivity index (χ1) is 29.2. The quantitative estimate of drug-likeness (QED) is 0.171. The molecule has 0 aromatic rings. The highest BCUT2D eigenvalue weighted by atomic mass is 16.6. The van der Waals surface area contributed by atoms with Crippen molar-refractivity contribution in [3.8, 4) is 0 Å². The van der Waals surface area contributed by atoms with Gasteiger partial charge in [-0.15, -0.1) is 0 Å². The number of aliphatic hydroxyl groups excluding tert-OH is 4. The average Bonchev–Trinajstić information content (AvgIpc) is 3.23. The van der Waals surface area contributed by atoms with Crippen molar-refractivity contribution in [2.24, 2.45) is 35.5 Å². The van der Waals surface area contributed by atoms with E-state index in [4.69, 9.17) is 14.2 Å². The van der Waals surface area contributed by atoms with Gasteiger partial charge in [0.2, 0.25) is 5.91 Å². The Balaban J connectivity index is 1.65. The smallest absolute Gasteiger partial charge is 0.329 e. The van der Waals surface area contributed by atoms with Gasteiger partial charge in [0.25, 0.3) is 0 Å². The van der Waals surface area contributed by atoms with Crippen molar-refractivity contribution in [2.45, 2.75) is 186 Å². The van der Waals surface area contributed by atoms with Crippen LogP contribution in [0.4, 0.5) is 0 Å². The van der Waals surface area contributed by atoms with E-state index in [1.54, 1.807) is 27.9 Å². The minimum Gasteiger partial charge on any atom is -0.460 e. The molecule has 3 aliphatic heterocycles. The van der Waals surface area contributed by atoms with Gasteiger partial charge < -0.3 is 44.6 Å². The van der Waals surface area contributed by atoms with Crippen LogP contribution in [-0.2, 0) is 33.4 Å². The monoisotopic (exact) mass is 872 g/mol. The summed E-state index contributed by atoms with van der Waals surface area (Å²) in [7, 11) is 1.62. The Kier molecular flexibility index (Phi) is 19.8. The first kappa shape index (κ1) is 51.6. The third-order valence-corrected chi connectivity index (χ3v) is 14.0. The summed E-state index contributed by atoms with van der Waals surface area (Å²) in [5.41, 5.74) is 1.21. The lowest BCUT2D eigenvalue weighted by atomic mass is 9.78. The molecule has 0 radical (unpaired) electrons. The molecule has 3 heterocycles. The number of ketones is 2. The van der Waals surface area contributed by atoms with Crippen molar-refractivity contribution in [3.05, 3.63) is 47.6 Å². The Morgan fingerprint density at radius 3 is 2.27 bits per heavy atom. The number of carbonyl (C=O) groups is 4. The number of hydrogen-bond acceptors (Lipinski definition) is 12. The van der Waals surface area contributed by atoms with Gasteiger partial charge in [0, 0.05) is 44.2 Å². The molecule has 3 fully saturated rings. The Labute approximate surface area is 369 Å². The summed E-state index contributed by atoms with van der Waals surface area (Å²) in [4.78, 5) is 57.2. The Bertz CT molecular complexity index is 1640. The van der Waals surface area contributed by atoms with Crippen LogP contribution in [0.15, 0.2) is 47.6 Å². The number of ether oxygens (including phenoxy) is 3. The molecule has 13 heteroatoms. The molecule has 15 atom stereocenters. The molecule has 5 N–H and O–H groups in total. The predicted molar refractivity (Wildman–Crippen MR) is 235 cm³/mol. The number of allylic oxidation sites excluding steroid dienone is 6. The number of hydrogen-bond donors (Lipinski definition) is 5. The number of rotatable bonds is 4. The number of esters is 1. The van der Waals surface area contributed by atoms with Crippen molar-refractivity contribution in [1.29, 1.82) is 0 Å².